The fourth-order valence-corrected chi connectivity index (χ4v) is 6.06. The predicted octanol–water partition coefficient (Wildman–Crippen LogP) is 9.17. The van der Waals surface area contributed by atoms with E-state index in [0.29, 0.717) is 52.1 Å². The zero-order chi connectivity index (χ0) is 31.8. The van der Waals surface area contributed by atoms with Crippen molar-refractivity contribution in [2.75, 3.05) is 14.2 Å². The minimum Gasteiger partial charge on any atom is -0.496 e. The van der Waals surface area contributed by atoms with Crippen LogP contribution in [0, 0.1) is 13.8 Å². The molecule has 0 saturated carbocycles. The number of hydrogen-bond acceptors (Lipinski definition) is 8. The van der Waals surface area contributed by atoms with Crippen LogP contribution in [0.5, 0.6) is 28.7 Å². The lowest BCUT2D eigenvalue weighted by Gasteiger charge is -2.20. The Labute approximate surface area is 261 Å². The Kier molecular flexibility index (Phi) is 11.6. The third-order valence-electron chi connectivity index (χ3n) is 6.84. The molecule has 1 aliphatic carbocycles. The van der Waals surface area contributed by atoms with Crippen molar-refractivity contribution in [1.82, 2.24) is 0 Å². The molecule has 0 aliphatic heterocycles. The molecule has 8 nitrogen and oxygen atoms in total. The second-order valence-electron chi connectivity index (χ2n) is 10.3. The van der Waals surface area contributed by atoms with Crippen molar-refractivity contribution in [3.63, 3.8) is 0 Å². The fraction of sp³-hybridized carbons (Fsp3) is 0.294. The minimum absolute atomic E-state index is 0.352. The molecule has 0 radical (unpaired) electrons. The molecule has 44 heavy (non-hydrogen) atoms. The minimum atomic E-state index is -2.32. The second kappa shape index (κ2) is 15.3. The third kappa shape index (κ3) is 8.46. The van der Waals surface area contributed by atoms with E-state index in [1.54, 1.807) is 38.5 Å². The molecule has 232 valence electrons. The van der Waals surface area contributed by atoms with Crippen molar-refractivity contribution < 1.29 is 37.4 Å². The number of rotatable bonds is 14. The van der Waals surface area contributed by atoms with Gasteiger partial charge in [0.2, 0.25) is 0 Å². The summed E-state index contributed by atoms with van der Waals surface area (Å²) in [6.07, 6.45) is 4.51. The molecule has 10 heteroatoms. The Morgan fingerprint density at radius 3 is 2.07 bits per heavy atom. The number of hydrogen-bond donors (Lipinski definition) is 2. The van der Waals surface area contributed by atoms with Crippen molar-refractivity contribution in [2.45, 2.75) is 53.9 Å². The first-order valence-corrected chi connectivity index (χ1v) is 16.5. The summed E-state index contributed by atoms with van der Waals surface area (Å²) in [5.74, 6) is 2.87. The average molecular weight is 637 g/mol. The maximum absolute atomic E-state index is 10.9. The standard InChI is InChI=1S/C34H38O8P2/c1-8-9-10-26-19-34(38-7)29(21-33(26)42-44(36)41-31-15-12-23(3)18-25(31)5)28-20-27(13-16-32(28)37-6)39-43(35)40-30-14-11-22(2)17-24(30)4/h12-13,15-21,35-36H,8-10H2,1-7H3. The van der Waals surface area contributed by atoms with Gasteiger partial charge >= 0.3 is 17.2 Å². The molecule has 0 saturated heterocycles. The zero-order valence-electron chi connectivity index (χ0n) is 26.1. The SMILES string of the molecule is CCCCc1cc(OC)c(-c2cc(OP(O)OC3=C=C=C(C)C=C3C)ccc2OC)cc1OP(O)Oc1ccc(C)cc1C. The lowest BCUT2D eigenvalue weighted by atomic mass is 9.98. The molecule has 3 aromatic carbocycles. The largest absolute Gasteiger partial charge is 0.496 e. The third-order valence-corrected chi connectivity index (χ3v) is 8.26. The Balaban J connectivity index is 1.67. The molecule has 0 heterocycles. The van der Waals surface area contributed by atoms with E-state index in [1.165, 1.54) is 0 Å². The lowest BCUT2D eigenvalue weighted by Crippen LogP contribution is -2.01. The zero-order valence-corrected chi connectivity index (χ0v) is 27.8. The predicted molar refractivity (Wildman–Crippen MR) is 174 cm³/mol. The van der Waals surface area contributed by atoms with Crippen molar-refractivity contribution in [3.8, 4) is 39.9 Å². The summed E-state index contributed by atoms with van der Waals surface area (Å²) in [7, 11) is -1.45. The molecule has 0 spiro atoms. The van der Waals surface area contributed by atoms with Crippen LogP contribution in [0.4, 0.5) is 0 Å². The number of methoxy groups -OCH3 is 2. The van der Waals surface area contributed by atoms with Crippen LogP contribution in [0.1, 0.15) is 50.3 Å². The highest BCUT2D eigenvalue weighted by Gasteiger charge is 2.22. The summed E-state index contributed by atoms with van der Waals surface area (Å²) >= 11 is 0. The molecule has 2 unspecified atom stereocenters. The first-order chi connectivity index (χ1) is 21.1. The fourth-order valence-electron chi connectivity index (χ4n) is 4.63. The number of ether oxygens (including phenoxy) is 2. The van der Waals surface area contributed by atoms with E-state index in [4.69, 9.17) is 27.6 Å². The molecule has 0 bridgehead atoms. The van der Waals surface area contributed by atoms with Crippen molar-refractivity contribution in [3.05, 3.63) is 99.7 Å². The summed E-state index contributed by atoms with van der Waals surface area (Å²) in [6, 6.07) is 14.6. The highest BCUT2D eigenvalue weighted by Crippen LogP contribution is 2.47. The maximum atomic E-state index is 10.9. The summed E-state index contributed by atoms with van der Waals surface area (Å²) in [4.78, 5) is 21.5. The van der Waals surface area contributed by atoms with Gasteiger partial charge in [0.05, 0.1) is 14.2 Å². The first-order valence-electron chi connectivity index (χ1n) is 14.2. The Hall–Kier alpha value is -3.72. The van der Waals surface area contributed by atoms with Gasteiger partial charge < -0.3 is 37.4 Å². The van der Waals surface area contributed by atoms with Gasteiger partial charge in [0.25, 0.3) is 0 Å². The van der Waals surface area contributed by atoms with Crippen LogP contribution < -0.4 is 23.0 Å². The van der Waals surface area contributed by atoms with Gasteiger partial charge in [-0.05, 0) is 105 Å². The van der Waals surface area contributed by atoms with Gasteiger partial charge in [-0.15, -0.1) is 0 Å². The topological polar surface area (TPSA) is 95.8 Å². The summed E-state index contributed by atoms with van der Waals surface area (Å²) in [5, 5.41) is 0. The van der Waals surface area contributed by atoms with Crippen LogP contribution in [0.3, 0.4) is 0 Å². The number of allylic oxidation sites excluding steroid dienone is 3. The van der Waals surface area contributed by atoms with Crippen molar-refractivity contribution >= 4 is 17.2 Å². The number of aryl methyl sites for hydroxylation is 3. The molecule has 0 amide bonds. The molecule has 3 aromatic rings. The van der Waals surface area contributed by atoms with E-state index < -0.39 is 17.2 Å². The molecule has 1 aliphatic rings. The van der Waals surface area contributed by atoms with Gasteiger partial charge in [-0.3, -0.25) is 0 Å². The van der Waals surface area contributed by atoms with E-state index in [9.17, 15) is 9.79 Å². The maximum Gasteiger partial charge on any atom is 0.460 e. The molecule has 4 rings (SSSR count). The van der Waals surface area contributed by atoms with Crippen molar-refractivity contribution in [2.24, 2.45) is 0 Å². The molecular weight excluding hydrogens is 598 g/mol. The lowest BCUT2D eigenvalue weighted by molar-refractivity contribution is 0.330. The van der Waals surface area contributed by atoms with Gasteiger partial charge in [0.15, 0.2) is 5.76 Å². The highest BCUT2D eigenvalue weighted by molar-refractivity contribution is 7.41. The van der Waals surface area contributed by atoms with Gasteiger partial charge in [-0.25, -0.2) is 0 Å². The van der Waals surface area contributed by atoms with Gasteiger partial charge in [-0.1, -0.05) is 36.8 Å². The Bertz CT molecular complexity index is 1630. The van der Waals surface area contributed by atoms with Crippen LogP contribution in [0.15, 0.2) is 83.0 Å². The van der Waals surface area contributed by atoms with E-state index in [2.05, 4.69) is 18.4 Å². The van der Waals surface area contributed by atoms with Gasteiger partial charge in [-0.2, -0.15) is 0 Å². The van der Waals surface area contributed by atoms with E-state index in [-0.39, 0.29) is 0 Å². The van der Waals surface area contributed by atoms with Crippen molar-refractivity contribution in [1.29, 1.82) is 0 Å². The Morgan fingerprint density at radius 1 is 0.705 bits per heavy atom. The monoisotopic (exact) mass is 636 g/mol. The number of unbranched alkanes of at least 4 members (excludes halogenated alkanes) is 1. The summed E-state index contributed by atoms with van der Waals surface area (Å²) in [5.41, 5.74) is 11.7. The van der Waals surface area contributed by atoms with Crippen LogP contribution in [0.25, 0.3) is 11.1 Å². The first kappa shape index (κ1) is 33.2. The van der Waals surface area contributed by atoms with Gasteiger partial charge in [0.1, 0.15) is 28.7 Å². The molecule has 2 atom stereocenters. The molecule has 2 N–H and O–H groups in total. The molecule has 0 aromatic heterocycles. The molecular formula is C34H38O8P2. The van der Waals surface area contributed by atoms with E-state index >= 15 is 0 Å². The summed E-state index contributed by atoms with van der Waals surface area (Å²) in [6.45, 7) is 9.81. The average Bonchev–Trinajstić information content (AvgIpc) is 2.99. The van der Waals surface area contributed by atoms with Crippen LogP contribution in [-0.2, 0) is 10.9 Å². The normalized spacial score (nSPS) is 13.7. The quantitative estimate of drug-likeness (QED) is 0.134. The molecule has 0 fully saturated rings. The highest BCUT2D eigenvalue weighted by atomic mass is 31.2. The summed E-state index contributed by atoms with van der Waals surface area (Å²) < 4.78 is 34.8. The second-order valence-corrected chi connectivity index (χ2v) is 12.0. The van der Waals surface area contributed by atoms with Crippen LogP contribution in [0.2, 0.25) is 0 Å². The van der Waals surface area contributed by atoms with Gasteiger partial charge in [0, 0.05) is 16.7 Å². The van der Waals surface area contributed by atoms with Crippen LogP contribution >= 0.6 is 17.2 Å². The smallest absolute Gasteiger partial charge is 0.460 e. The van der Waals surface area contributed by atoms with E-state index in [1.807, 2.05) is 58.0 Å². The number of benzene rings is 3. The van der Waals surface area contributed by atoms with Crippen LogP contribution in [-0.4, -0.2) is 24.0 Å². The van der Waals surface area contributed by atoms with E-state index in [0.717, 1.165) is 40.7 Å². The Morgan fingerprint density at radius 2 is 1.39 bits per heavy atom.